The average Bonchev–Trinajstić information content (AvgIpc) is 3.64. The number of carbonyl (C=O) groups is 2. The van der Waals surface area contributed by atoms with E-state index in [4.69, 9.17) is 28.4 Å². The molecule has 3 aromatic rings. The Labute approximate surface area is 270 Å². The minimum Gasteiger partial charge on any atom is -0.493 e. The number of fused-ring (bicyclic) bond motifs is 2. The highest BCUT2D eigenvalue weighted by molar-refractivity contribution is 6.09. The Bertz CT molecular complexity index is 1590. The number of hydrogen-bond acceptors (Lipinski definition) is 8. The summed E-state index contributed by atoms with van der Waals surface area (Å²) in [4.78, 5) is 29.9. The summed E-state index contributed by atoms with van der Waals surface area (Å²) in [6.07, 6.45) is 3.70. The fourth-order valence-electron chi connectivity index (χ4n) is 7.45. The van der Waals surface area contributed by atoms with Gasteiger partial charge in [0.15, 0.2) is 23.0 Å². The molecule has 9 heteroatoms. The van der Waals surface area contributed by atoms with Gasteiger partial charge in [-0.1, -0.05) is 56.7 Å². The third-order valence-electron chi connectivity index (χ3n) is 9.96. The van der Waals surface area contributed by atoms with Crippen LogP contribution >= 0.6 is 0 Å². The molecule has 9 nitrogen and oxygen atoms in total. The van der Waals surface area contributed by atoms with E-state index in [0.717, 1.165) is 36.8 Å². The van der Waals surface area contributed by atoms with Gasteiger partial charge in [-0.25, -0.2) is 9.69 Å². The second-order valence-electron chi connectivity index (χ2n) is 12.8. The Morgan fingerprint density at radius 3 is 2.35 bits per heavy atom. The van der Waals surface area contributed by atoms with Gasteiger partial charge in [-0.2, -0.15) is 0 Å². The molecule has 46 heavy (non-hydrogen) atoms. The van der Waals surface area contributed by atoms with Crippen molar-refractivity contribution < 1.29 is 38.0 Å². The molecule has 244 valence electrons. The van der Waals surface area contributed by atoms with Crippen LogP contribution in [0.25, 0.3) is 0 Å². The first-order valence-corrected chi connectivity index (χ1v) is 16.0. The number of imide groups is 1. The summed E-state index contributed by atoms with van der Waals surface area (Å²) in [6.45, 7) is 5.09. The van der Waals surface area contributed by atoms with Gasteiger partial charge >= 0.3 is 6.09 Å². The zero-order chi connectivity index (χ0) is 32.4. The van der Waals surface area contributed by atoms with E-state index in [1.54, 1.807) is 13.2 Å². The van der Waals surface area contributed by atoms with E-state index in [0.29, 0.717) is 53.6 Å². The van der Waals surface area contributed by atoms with Crippen LogP contribution in [0.4, 0.5) is 4.79 Å². The molecule has 2 heterocycles. The lowest BCUT2D eigenvalue weighted by Crippen LogP contribution is -2.45. The molecule has 2 aliphatic heterocycles. The number of carbonyl (C=O) groups excluding carboxylic acids is 2. The standard InChI is InChI=1S/C37H43NO8/c1-37(2,25-11-7-6-8-12-25)27-13-9-10-14-29(27)46-36(40)38-28(26-15-16-30(42-4)34(43-5)33(26)35(38)39)19-24-21-32-31(44-22-45-32)20-23(24)17-18-41-3/h6-8,11-12,15-16,20-21,27-29H,9-10,13-14,17-19,22H2,1-5H3/t27-,28-,29-/m0/s1. The number of ether oxygens (including phenoxy) is 6. The average molecular weight is 630 g/mol. The summed E-state index contributed by atoms with van der Waals surface area (Å²) < 4.78 is 34.4. The van der Waals surface area contributed by atoms with E-state index in [-0.39, 0.29) is 24.2 Å². The number of methoxy groups -OCH3 is 3. The Morgan fingerprint density at radius 1 is 0.935 bits per heavy atom. The molecule has 0 unspecified atom stereocenters. The predicted octanol–water partition coefficient (Wildman–Crippen LogP) is 7.03. The van der Waals surface area contributed by atoms with Crippen LogP contribution in [0.2, 0.25) is 0 Å². The van der Waals surface area contributed by atoms with Crippen LogP contribution < -0.4 is 18.9 Å². The van der Waals surface area contributed by atoms with E-state index in [1.165, 1.54) is 24.7 Å². The van der Waals surface area contributed by atoms with Crippen molar-refractivity contribution in [3.05, 3.63) is 82.4 Å². The molecule has 1 fully saturated rings. The number of rotatable bonds is 10. The summed E-state index contributed by atoms with van der Waals surface area (Å²) in [6, 6.07) is 17.3. The topological polar surface area (TPSA) is 92.8 Å². The van der Waals surface area contributed by atoms with Crippen molar-refractivity contribution in [2.75, 3.05) is 34.7 Å². The van der Waals surface area contributed by atoms with Crippen molar-refractivity contribution in [2.45, 2.75) is 69.9 Å². The molecule has 0 radical (unpaired) electrons. The van der Waals surface area contributed by atoms with E-state index in [2.05, 4.69) is 26.0 Å². The number of hydrogen-bond donors (Lipinski definition) is 0. The van der Waals surface area contributed by atoms with E-state index in [9.17, 15) is 9.59 Å². The first-order valence-electron chi connectivity index (χ1n) is 16.0. The van der Waals surface area contributed by atoms with Crippen LogP contribution in [0.3, 0.4) is 0 Å². The summed E-state index contributed by atoms with van der Waals surface area (Å²) in [5.74, 6) is 1.66. The summed E-state index contributed by atoms with van der Waals surface area (Å²) >= 11 is 0. The summed E-state index contributed by atoms with van der Waals surface area (Å²) in [7, 11) is 4.69. The van der Waals surface area contributed by atoms with Crippen LogP contribution in [0.15, 0.2) is 54.6 Å². The predicted molar refractivity (Wildman–Crippen MR) is 172 cm³/mol. The van der Waals surface area contributed by atoms with Crippen LogP contribution in [0.5, 0.6) is 23.0 Å². The second-order valence-corrected chi connectivity index (χ2v) is 12.8. The van der Waals surface area contributed by atoms with Gasteiger partial charge in [-0.15, -0.1) is 0 Å². The quantitative estimate of drug-likeness (QED) is 0.236. The first kappa shape index (κ1) is 31.7. The van der Waals surface area contributed by atoms with Crippen molar-refractivity contribution in [1.82, 2.24) is 4.90 Å². The van der Waals surface area contributed by atoms with E-state index >= 15 is 0 Å². The van der Waals surface area contributed by atoms with Crippen LogP contribution in [-0.2, 0) is 27.7 Å². The minimum absolute atomic E-state index is 0.0928. The van der Waals surface area contributed by atoms with E-state index in [1.807, 2.05) is 36.4 Å². The number of amides is 2. The summed E-state index contributed by atoms with van der Waals surface area (Å²) in [5, 5.41) is 0. The molecule has 1 aliphatic carbocycles. The fourth-order valence-corrected chi connectivity index (χ4v) is 7.45. The minimum atomic E-state index is -0.646. The monoisotopic (exact) mass is 629 g/mol. The maximum absolute atomic E-state index is 14.3. The molecular weight excluding hydrogens is 586 g/mol. The van der Waals surface area contributed by atoms with Gasteiger partial charge in [-0.05, 0) is 78.0 Å². The summed E-state index contributed by atoms with van der Waals surface area (Å²) in [5.41, 5.74) is 3.89. The van der Waals surface area contributed by atoms with Crippen molar-refractivity contribution in [3.8, 4) is 23.0 Å². The van der Waals surface area contributed by atoms with Crippen LogP contribution in [0.1, 0.15) is 78.2 Å². The third-order valence-corrected chi connectivity index (χ3v) is 9.96. The molecule has 3 aliphatic rings. The van der Waals surface area contributed by atoms with Gasteiger partial charge in [0, 0.05) is 13.0 Å². The molecular formula is C37H43NO8. The molecule has 6 rings (SSSR count). The normalized spacial score (nSPS) is 20.4. The molecule has 0 aromatic heterocycles. The molecule has 0 N–H and O–H groups in total. The lowest BCUT2D eigenvalue weighted by atomic mass is 9.66. The van der Waals surface area contributed by atoms with Crippen molar-refractivity contribution in [2.24, 2.45) is 5.92 Å². The first-order chi connectivity index (χ1) is 22.3. The molecule has 0 spiro atoms. The highest BCUT2D eigenvalue weighted by atomic mass is 16.7. The number of benzene rings is 3. The zero-order valence-corrected chi connectivity index (χ0v) is 27.3. The highest BCUT2D eigenvalue weighted by Gasteiger charge is 2.47. The zero-order valence-electron chi connectivity index (χ0n) is 27.3. The maximum atomic E-state index is 14.3. The molecule has 1 saturated carbocycles. The van der Waals surface area contributed by atoms with E-state index < -0.39 is 18.0 Å². The van der Waals surface area contributed by atoms with Crippen LogP contribution in [0, 0.1) is 5.92 Å². The molecule has 0 bridgehead atoms. The fraction of sp³-hybridized carbons (Fsp3) is 0.459. The van der Waals surface area contributed by atoms with Gasteiger partial charge < -0.3 is 28.4 Å². The Kier molecular flexibility index (Phi) is 9.13. The molecule has 0 saturated heterocycles. The van der Waals surface area contributed by atoms with Gasteiger partial charge in [0.2, 0.25) is 6.79 Å². The SMILES string of the molecule is COCCc1cc2c(cc1C[C@H]1c3ccc(OC)c(OC)c3C(=O)N1C(=O)O[C@H]1CCCC[C@@H]1C(C)(C)c1ccccc1)OCO2. The maximum Gasteiger partial charge on any atom is 0.417 e. The second kappa shape index (κ2) is 13.2. The van der Waals surface area contributed by atoms with Crippen LogP contribution in [-0.4, -0.2) is 57.7 Å². The molecule has 3 atom stereocenters. The van der Waals surface area contributed by atoms with Crippen molar-refractivity contribution in [1.29, 1.82) is 0 Å². The molecule has 3 aromatic carbocycles. The van der Waals surface area contributed by atoms with Gasteiger partial charge in [0.05, 0.1) is 32.4 Å². The lowest BCUT2D eigenvalue weighted by molar-refractivity contribution is -0.00782. The Morgan fingerprint density at radius 2 is 1.65 bits per heavy atom. The van der Waals surface area contributed by atoms with Crippen molar-refractivity contribution in [3.63, 3.8) is 0 Å². The molecule has 2 amide bonds. The Hall–Kier alpha value is -4.24. The van der Waals surface area contributed by atoms with Crippen molar-refractivity contribution >= 4 is 12.0 Å². The smallest absolute Gasteiger partial charge is 0.417 e. The Balaban J connectivity index is 1.37. The van der Waals surface area contributed by atoms with Gasteiger partial charge in [0.25, 0.3) is 5.91 Å². The van der Waals surface area contributed by atoms with Gasteiger partial charge in [-0.3, -0.25) is 4.79 Å². The van der Waals surface area contributed by atoms with Gasteiger partial charge in [0.1, 0.15) is 6.10 Å². The third kappa shape index (κ3) is 5.77. The highest BCUT2D eigenvalue weighted by Crippen LogP contribution is 2.47. The number of nitrogens with zero attached hydrogens (tertiary/aromatic N) is 1. The lowest BCUT2D eigenvalue weighted by Gasteiger charge is -2.42. The largest absolute Gasteiger partial charge is 0.493 e.